The van der Waals surface area contributed by atoms with Crippen molar-refractivity contribution >= 4 is 23.9 Å². The van der Waals surface area contributed by atoms with E-state index in [1.807, 2.05) is 24.9 Å². The van der Waals surface area contributed by atoms with E-state index < -0.39 is 0 Å². The molecule has 1 aliphatic carbocycles. The molecule has 9 nitrogen and oxygen atoms in total. The van der Waals surface area contributed by atoms with E-state index in [-0.39, 0.29) is 36.3 Å². The van der Waals surface area contributed by atoms with Gasteiger partial charge >= 0.3 is 0 Å². The highest BCUT2D eigenvalue weighted by Crippen LogP contribution is 2.20. The molecule has 0 spiro atoms. The number of carbonyl (C=O) groups excluding carboxylic acids is 2. The fraction of sp³-hybridized carbons (Fsp3) is 0.615. The summed E-state index contributed by atoms with van der Waals surface area (Å²) < 4.78 is 19.9. The van der Waals surface area contributed by atoms with Crippen LogP contribution in [0.4, 0.5) is 4.39 Å². The highest BCUT2D eigenvalue weighted by molar-refractivity contribution is 5.94. The zero-order valence-electron chi connectivity index (χ0n) is 21.7. The van der Waals surface area contributed by atoms with E-state index in [9.17, 15) is 14.0 Å². The van der Waals surface area contributed by atoms with E-state index in [2.05, 4.69) is 10.3 Å². The minimum Gasteiger partial charge on any atom is -0.368 e. The fourth-order valence-corrected chi connectivity index (χ4v) is 4.42. The molecule has 36 heavy (non-hydrogen) atoms. The zero-order valence-corrected chi connectivity index (χ0v) is 21.7. The minimum atomic E-state index is -0.359. The van der Waals surface area contributed by atoms with Crippen LogP contribution in [0.1, 0.15) is 32.6 Å². The highest BCUT2D eigenvalue weighted by atomic mass is 19.1. The summed E-state index contributed by atoms with van der Waals surface area (Å²) in [5.74, 6) is 0.517. The van der Waals surface area contributed by atoms with Crippen molar-refractivity contribution in [1.29, 1.82) is 0 Å². The summed E-state index contributed by atoms with van der Waals surface area (Å²) in [7, 11) is 3.59. The van der Waals surface area contributed by atoms with Crippen molar-refractivity contribution in [2.45, 2.75) is 44.8 Å². The predicted molar refractivity (Wildman–Crippen MR) is 140 cm³/mol. The van der Waals surface area contributed by atoms with Gasteiger partial charge in [-0.2, -0.15) is 0 Å². The van der Waals surface area contributed by atoms with Crippen LogP contribution in [0.25, 0.3) is 0 Å². The number of ether oxygens (including phenoxy) is 1. The average Bonchev–Trinajstić information content (AvgIpc) is 3.34. The van der Waals surface area contributed by atoms with Gasteiger partial charge in [0, 0.05) is 65.1 Å². The largest absolute Gasteiger partial charge is 0.368 e. The summed E-state index contributed by atoms with van der Waals surface area (Å²) in [6.07, 6.45) is 11.3. The van der Waals surface area contributed by atoms with Gasteiger partial charge < -0.3 is 24.4 Å². The van der Waals surface area contributed by atoms with E-state index in [4.69, 9.17) is 9.73 Å². The Morgan fingerprint density at radius 1 is 1.25 bits per heavy atom. The van der Waals surface area contributed by atoms with Crippen LogP contribution in [-0.2, 0) is 14.3 Å². The topological polar surface area (TPSA) is 89.8 Å². The number of aliphatic imine (C=N–C) groups is 2. The fourth-order valence-electron chi connectivity index (χ4n) is 4.42. The third kappa shape index (κ3) is 7.83. The smallest absolute Gasteiger partial charge is 0.251 e. The van der Waals surface area contributed by atoms with Crippen molar-refractivity contribution in [2.24, 2.45) is 9.98 Å². The van der Waals surface area contributed by atoms with Crippen molar-refractivity contribution in [1.82, 2.24) is 20.0 Å². The Balaban J connectivity index is 1.48. The van der Waals surface area contributed by atoms with Gasteiger partial charge in [0.25, 0.3) is 5.91 Å². The van der Waals surface area contributed by atoms with E-state index in [1.165, 1.54) is 6.08 Å². The van der Waals surface area contributed by atoms with Gasteiger partial charge in [-0.15, -0.1) is 0 Å². The van der Waals surface area contributed by atoms with Crippen LogP contribution in [0, 0.1) is 0 Å². The summed E-state index contributed by atoms with van der Waals surface area (Å²) in [5, 5.41) is 3.19. The molecule has 0 aromatic rings. The molecule has 0 saturated carbocycles. The molecule has 0 bridgehead atoms. The molecule has 2 atom stereocenters. The quantitative estimate of drug-likeness (QED) is 0.296. The number of rotatable bonds is 9. The van der Waals surface area contributed by atoms with Crippen LogP contribution < -0.4 is 5.32 Å². The minimum absolute atomic E-state index is 0.00259. The molecule has 198 valence electrons. The highest BCUT2D eigenvalue weighted by Gasteiger charge is 2.31. The second-order valence-corrected chi connectivity index (χ2v) is 9.20. The number of piperazine rings is 1. The maximum absolute atomic E-state index is 14.4. The third-order valence-corrected chi connectivity index (χ3v) is 6.57. The SMILES string of the molecule is CN=CCC(=NC(C)C1=C(F)C=CCC=C1)N(C)CNCC(=O)N1CCN(C(=O)C2CCCO2)CC1. The second-order valence-electron chi connectivity index (χ2n) is 9.20. The molecule has 0 radical (unpaired) electrons. The molecule has 2 unspecified atom stereocenters. The van der Waals surface area contributed by atoms with Gasteiger partial charge in [0.1, 0.15) is 17.8 Å². The number of amides is 2. The Bertz CT molecular complexity index is 915. The van der Waals surface area contributed by atoms with E-state index in [0.717, 1.165) is 18.7 Å². The molecular formula is C26H39FN6O3. The number of nitrogens with zero attached hydrogens (tertiary/aromatic N) is 5. The maximum Gasteiger partial charge on any atom is 0.251 e. The molecular weight excluding hydrogens is 463 g/mol. The second kappa shape index (κ2) is 14.0. The van der Waals surface area contributed by atoms with Gasteiger partial charge in [-0.05, 0) is 32.3 Å². The number of allylic oxidation sites excluding steroid dienone is 4. The first-order valence-electron chi connectivity index (χ1n) is 12.7. The molecule has 2 saturated heterocycles. The summed E-state index contributed by atoms with van der Waals surface area (Å²) >= 11 is 0. The standard InChI is InChI=1S/C26H39FN6O3/c1-20(21-8-5-4-6-9-22(21)27)30-24(11-12-28-2)31(3)19-29-18-25(34)32-13-15-33(16-14-32)26(35)23-10-7-17-36-23/h5-6,8-9,12,20,23,29H,4,7,10-11,13-19H2,1-3H3. The van der Waals surface area contributed by atoms with Crippen LogP contribution in [0.5, 0.6) is 0 Å². The Morgan fingerprint density at radius 3 is 2.67 bits per heavy atom. The van der Waals surface area contributed by atoms with Gasteiger partial charge in [0.15, 0.2) is 0 Å². The van der Waals surface area contributed by atoms with Crippen molar-refractivity contribution in [3.05, 3.63) is 35.7 Å². The number of nitrogens with one attached hydrogen (secondary N) is 1. The van der Waals surface area contributed by atoms with Gasteiger partial charge in [-0.1, -0.05) is 18.2 Å². The number of halogens is 1. The first-order chi connectivity index (χ1) is 17.4. The van der Waals surface area contributed by atoms with Gasteiger partial charge in [-0.3, -0.25) is 19.9 Å². The van der Waals surface area contributed by atoms with Crippen LogP contribution in [0.15, 0.2) is 45.7 Å². The first kappa shape index (κ1) is 27.7. The molecule has 0 aromatic heterocycles. The molecule has 2 fully saturated rings. The van der Waals surface area contributed by atoms with E-state index in [1.54, 1.807) is 35.2 Å². The molecule has 2 aliphatic heterocycles. The normalized spacial score (nSPS) is 21.9. The molecule has 2 amide bonds. The monoisotopic (exact) mass is 502 g/mol. The van der Waals surface area contributed by atoms with Crippen molar-refractivity contribution in [3.63, 3.8) is 0 Å². The van der Waals surface area contributed by atoms with Crippen LogP contribution in [0.3, 0.4) is 0 Å². The Labute approximate surface area is 213 Å². The lowest BCUT2D eigenvalue weighted by Crippen LogP contribution is -2.54. The Morgan fingerprint density at radius 2 is 1.97 bits per heavy atom. The van der Waals surface area contributed by atoms with Crippen LogP contribution >= 0.6 is 0 Å². The number of hydrogen-bond acceptors (Lipinski definition) is 6. The molecule has 0 aromatic carbocycles. The summed E-state index contributed by atoms with van der Waals surface area (Å²) in [6.45, 7) is 5.22. The predicted octanol–water partition coefficient (Wildman–Crippen LogP) is 1.93. The first-order valence-corrected chi connectivity index (χ1v) is 12.7. The van der Waals surface area contributed by atoms with Crippen molar-refractivity contribution in [2.75, 3.05) is 60.1 Å². The molecule has 10 heteroatoms. The van der Waals surface area contributed by atoms with Gasteiger partial charge in [0.05, 0.1) is 19.3 Å². The third-order valence-electron chi connectivity index (χ3n) is 6.57. The number of amidine groups is 1. The molecule has 3 rings (SSSR count). The number of carbonyl (C=O) groups is 2. The van der Waals surface area contributed by atoms with Gasteiger partial charge in [0.2, 0.25) is 5.91 Å². The summed E-state index contributed by atoms with van der Waals surface area (Å²) in [5.41, 5.74) is 0.545. The van der Waals surface area contributed by atoms with E-state index >= 15 is 0 Å². The molecule has 3 aliphatic rings. The van der Waals surface area contributed by atoms with E-state index in [0.29, 0.717) is 57.9 Å². The zero-order chi connectivity index (χ0) is 25.9. The lowest BCUT2D eigenvalue weighted by Gasteiger charge is -2.36. The lowest BCUT2D eigenvalue weighted by molar-refractivity contribution is -0.145. The van der Waals surface area contributed by atoms with Crippen LogP contribution in [-0.4, -0.2) is 111 Å². The summed E-state index contributed by atoms with van der Waals surface area (Å²) in [4.78, 5) is 39.5. The van der Waals surface area contributed by atoms with Gasteiger partial charge in [-0.25, -0.2) is 4.39 Å². The summed E-state index contributed by atoms with van der Waals surface area (Å²) in [6, 6.07) is -0.359. The van der Waals surface area contributed by atoms with Crippen molar-refractivity contribution in [3.8, 4) is 0 Å². The number of hydrogen-bond donors (Lipinski definition) is 1. The maximum atomic E-state index is 14.4. The Kier molecular flexibility index (Phi) is 10.8. The molecule has 1 N–H and O–H groups in total. The average molecular weight is 503 g/mol. The van der Waals surface area contributed by atoms with Crippen LogP contribution in [0.2, 0.25) is 0 Å². The molecule has 2 heterocycles. The Hall–Kier alpha value is -2.85. The lowest BCUT2D eigenvalue weighted by atomic mass is 10.1. The van der Waals surface area contributed by atoms with Crippen molar-refractivity contribution < 1.29 is 18.7 Å².